The van der Waals surface area contributed by atoms with E-state index in [1.807, 2.05) is 130 Å². The number of amides is 16. The average molecular weight is 2100 g/mol. The van der Waals surface area contributed by atoms with E-state index in [2.05, 4.69) is 63.8 Å². The van der Waals surface area contributed by atoms with E-state index in [4.69, 9.17) is 0 Å². The number of Topliss-reactive ketones (excluding diaryl/α,β-unsaturated/α-hetero) is 3. The largest absolute Gasteiger partial charge is 0.347 e. The topological polar surface area (TPSA) is 505 Å². The first kappa shape index (κ1) is 117. The summed E-state index contributed by atoms with van der Waals surface area (Å²) in [5.41, 5.74) is -3.49. The zero-order chi connectivity index (χ0) is 108. The molecule has 40 heteroatoms. The molecule has 0 bridgehead atoms. The Bertz CT molecular complexity index is 5000. The molecule has 0 aromatic rings. The summed E-state index contributed by atoms with van der Waals surface area (Å²) in [5, 5.41) is 34.8. The molecule has 18 atom stereocenters. The number of likely N-dealkylation sites (tertiary alicyclic amines) is 4. The maximum atomic E-state index is 14.5. The first-order valence-corrected chi connectivity index (χ1v) is 58.6. The van der Waals surface area contributed by atoms with Crippen molar-refractivity contribution in [2.24, 2.45) is 85.8 Å². The quantitative estimate of drug-likeness (QED) is 0.0259. The highest BCUT2D eigenvalue weighted by Crippen LogP contribution is 2.48. The van der Waals surface area contributed by atoms with Gasteiger partial charge in [0.05, 0.1) is 35.7 Å². The number of carbonyl (C=O) groups excluding carboxylic acids is 16. The molecule has 828 valence electrons. The van der Waals surface area contributed by atoms with Crippen molar-refractivity contribution in [2.45, 2.75) is 421 Å². The Kier molecular flexibility index (Phi) is 38.3. The van der Waals surface area contributed by atoms with Crippen molar-refractivity contribution >= 4 is 115 Å². The summed E-state index contributed by atoms with van der Waals surface area (Å²) in [4.78, 5) is 225. The van der Waals surface area contributed by atoms with E-state index in [9.17, 15) is 93.5 Å². The number of hydrogen-bond acceptors (Lipinski definition) is 20. The van der Waals surface area contributed by atoms with E-state index in [1.54, 1.807) is 21.6 Å². The molecule has 147 heavy (non-hydrogen) atoms. The standard InChI is InChI=1S/C37H60N6O6.C35H58N6O7S.C35H60N6O7S/c1-36(2,3)27(21-42-18-8-7-15-28(42)44)40-35(49)41-31(37(4,5)6)34(48)43-20-23-13-10-14-25(23)29(43)32(46)39-26(19-22-11-9-12-22)30(45)33(47)38-24-16-17-24;1-34(2,3)26(20-40-16-9-17-49(40,47)48)38-33(46)39-29(35(4,5)6)32(45)41-19-22-12-8-13-24(22)27(41)30(43)37-25(18-21-10-7-11-21)28(42)31(44)36-23-14-15-23;1-9-49(47,48)40(8)20-26(34(2,3)4)38-33(46)39-29(35(5,6)7)32(45)41-19-22-14-11-15-24(22)27(41)30(43)37-25(18-21-12-10-13-21)28(42)31(44)36-23-16-17-23/h22-27,29,31H,7-21H2,1-6H3,(H,38,47)(H,39,46)(H2,40,41,49);21-27,29H,7-20H2,1-6H3,(H,36,44)(H,37,43)(H2,38,39,46);21-27,29H,9-20H2,1-8H3,(H,36,44)(H,37,43)(H2,38,39,46)/t23-,25-,26?,27+,29-,31+;2*22-,24-,25?,26+,27-,29+/m000/s1. The van der Waals surface area contributed by atoms with Gasteiger partial charge >= 0.3 is 18.1 Å². The minimum Gasteiger partial charge on any atom is -0.347 e. The van der Waals surface area contributed by atoms with Crippen LogP contribution < -0.4 is 63.8 Å². The van der Waals surface area contributed by atoms with Gasteiger partial charge in [0.2, 0.25) is 78.7 Å². The lowest BCUT2D eigenvalue weighted by Crippen LogP contribution is -2.62. The predicted octanol–water partition coefficient (Wildman–Crippen LogP) is 8.12. The third-order valence-electron chi connectivity index (χ3n) is 33.9. The molecule has 14 rings (SSSR count). The SMILES string of the molecule is CC(C)(C)[C@H](NC(=O)N[C@H](CN1CCCCC1=O)C(C)(C)C)C(=O)N1C[C@@H]2CCC[C@@H]2[C@H]1C(=O)NC(CC1CCC1)C(=O)C(=O)NC1CC1.CC(C)(C)[C@H](NC(=O)N[C@H](CN1CCCS1(=O)=O)C(C)(C)C)C(=O)N1C[C@@H]2CCC[C@@H]2[C@H]1C(=O)NC(CC1CCC1)C(=O)C(=O)NC1CC1.CCS(=O)(=O)N(C)C[C@@H](NC(=O)N[C@H](C(=O)N1C[C@@H]2CCC[C@@H]2[C@H]1C(=O)NC(CC1CCC1)C(=O)C(=O)NC1CC1)C(C)(C)C)C(C)(C)C. The van der Waals surface area contributed by atoms with Gasteiger partial charge in [-0.1, -0.05) is 202 Å². The van der Waals surface area contributed by atoms with Gasteiger partial charge in [0.1, 0.15) is 36.3 Å². The van der Waals surface area contributed by atoms with Crippen LogP contribution in [-0.4, -0.2) is 301 Å². The average Bonchev–Trinajstić information content (AvgIpc) is 1.62. The number of urea groups is 3. The lowest BCUT2D eigenvalue weighted by atomic mass is 9.80. The van der Waals surface area contributed by atoms with Crippen LogP contribution in [0.25, 0.3) is 0 Å². The molecule has 5 heterocycles. The van der Waals surface area contributed by atoms with Gasteiger partial charge in [-0.3, -0.25) is 62.3 Å². The monoisotopic (exact) mass is 2100 g/mol. The molecule has 0 aromatic carbocycles. The van der Waals surface area contributed by atoms with Gasteiger partial charge < -0.3 is 83.4 Å². The van der Waals surface area contributed by atoms with Crippen LogP contribution in [0, 0.1) is 85.8 Å². The molecule has 12 N–H and O–H groups in total. The first-order chi connectivity index (χ1) is 68.6. The number of nitrogens with one attached hydrogen (secondary N) is 12. The Balaban J connectivity index is 0.000000196. The Labute approximate surface area is 873 Å². The van der Waals surface area contributed by atoms with E-state index in [0.717, 1.165) is 167 Å². The second kappa shape index (κ2) is 48.1. The molecule has 0 radical (unpaired) electrons. The minimum atomic E-state index is -3.49. The molecule has 9 aliphatic carbocycles. The number of sulfonamides is 2. The number of likely N-dealkylation sites (N-methyl/N-ethyl adjacent to an activating group) is 1. The fourth-order valence-electron chi connectivity index (χ4n) is 23.2. The van der Waals surface area contributed by atoms with Gasteiger partial charge in [-0.15, -0.1) is 0 Å². The Morgan fingerprint density at radius 3 is 0.939 bits per heavy atom. The highest BCUT2D eigenvalue weighted by molar-refractivity contribution is 7.89. The molecule has 5 saturated heterocycles. The van der Waals surface area contributed by atoms with Crippen LogP contribution >= 0.6 is 0 Å². The van der Waals surface area contributed by atoms with Gasteiger partial charge in [0.15, 0.2) is 0 Å². The zero-order valence-electron chi connectivity index (χ0n) is 91.5. The fraction of sp³-hybridized carbons (Fsp3) is 0.850. The molecule has 5 aliphatic heterocycles. The van der Waals surface area contributed by atoms with Crippen LogP contribution in [0.1, 0.15) is 331 Å². The maximum Gasteiger partial charge on any atom is 0.315 e. The van der Waals surface area contributed by atoms with Gasteiger partial charge in [0.25, 0.3) is 17.7 Å². The number of rotatable bonds is 38. The number of piperidine rings is 1. The molecule has 3 unspecified atom stereocenters. The minimum absolute atomic E-state index is 0.0155. The van der Waals surface area contributed by atoms with Crippen LogP contribution in [-0.2, 0) is 82.4 Å². The predicted molar refractivity (Wildman–Crippen MR) is 556 cm³/mol. The molecule has 16 amide bonds. The van der Waals surface area contributed by atoms with Crippen molar-refractivity contribution in [2.75, 3.05) is 70.9 Å². The van der Waals surface area contributed by atoms with Crippen molar-refractivity contribution in [1.29, 1.82) is 0 Å². The molecule has 14 aliphatic rings. The van der Waals surface area contributed by atoms with Crippen LogP contribution in [0.4, 0.5) is 14.4 Å². The lowest BCUT2D eigenvalue weighted by molar-refractivity contribution is -0.144. The van der Waals surface area contributed by atoms with Gasteiger partial charge in [-0.05, 0) is 208 Å². The smallest absolute Gasteiger partial charge is 0.315 e. The van der Waals surface area contributed by atoms with Crippen LogP contribution in [0.5, 0.6) is 0 Å². The molecule has 0 spiro atoms. The van der Waals surface area contributed by atoms with Crippen molar-refractivity contribution in [1.82, 2.24) is 92.0 Å². The first-order valence-electron chi connectivity index (χ1n) is 55.4. The van der Waals surface area contributed by atoms with E-state index in [0.29, 0.717) is 71.4 Å². The molecule has 38 nitrogen and oxygen atoms in total. The van der Waals surface area contributed by atoms with Crippen molar-refractivity contribution in [3.05, 3.63) is 0 Å². The van der Waals surface area contributed by atoms with Crippen LogP contribution in [0.3, 0.4) is 0 Å². The second-order valence-electron chi connectivity index (χ2n) is 52.0. The molecule has 14 fully saturated rings. The Morgan fingerprint density at radius 1 is 0.367 bits per heavy atom. The summed E-state index contributed by atoms with van der Waals surface area (Å²) < 4.78 is 52.7. The summed E-state index contributed by atoms with van der Waals surface area (Å²) in [7, 11) is -5.38. The van der Waals surface area contributed by atoms with E-state index in [1.165, 1.54) is 15.7 Å². The van der Waals surface area contributed by atoms with Crippen LogP contribution in [0.15, 0.2) is 0 Å². The highest BCUT2D eigenvalue weighted by Gasteiger charge is 2.58. The van der Waals surface area contributed by atoms with E-state index >= 15 is 0 Å². The Hall–Kier alpha value is -8.66. The van der Waals surface area contributed by atoms with Crippen LogP contribution in [0.2, 0.25) is 0 Å². The van der Waals surface area contributed by atoms with E-state index in [-0.39, 0.29) is 131 Å². The van der Waals surface area contributed by atoms with Crippen molar-refractivity contribution in [3.8, 4) is 0 Å². The molecular formula is C107H178N18O20S2. The third kappa shape index (κ3) is 30.9. The zero-order valence-corrected chi connectivity index (χ0v) is 93.1. The number of ketones is 3. The molecule has 0 aromatic heterocycles. The van der Waals surface area contributed by atoms with Gasteiger partial charge in [0, 0.05) is 96.0 Å². The number of carbonyl (C=O) groups is 16. The maximum absolute atomic E-state index is 14.5. The fourth-order valence-corrected chi connectivity index (χ4v) is 25.5. The van der Waals surface area contributed by atoms with E-state index < -0.39 is 184 Å². The number of hydrogen-bond donors (Lipinski definition) is 12. The summed E-state index contributed by atoms with van der Waals surface area (Å²) in [5.74, 6) is -5.09. The summed E-state index contributed by atoms with van der Waals surface area (Å²) in [6, 6.07) is -11.3. The van der Waals surface area contributed by atoms with Crippen molar-refractivity contribution in [3.63, 3.8) is 0 Å². The summed E-state index contributed by atoms with van der Waals surface area (Å²) >= 11 is 0. The highest BCUT2D eigenvalue weighted by atomic mass is 32.2. The summed E-state index contributed by atoms with van der Waals surface area (Å²) in [6.07, 6.45) is 26.0. The van der Waals surface area contributed by atoms with Gasteiger partial charge in [-0.25, -0.2) is 35.5 Å². The number of nitrogens with zero attached hydrogens (tertiary/aromatic N) is 6. The second-order valence-corrected chi connectivity index (χ2v) is 56.5. The third-order valence-corrected chi connectivity index (χ3v) is 37.7. The lowest BCUT2D eigenvalue weighted by Gasteiger charge is -2.39. The van der Waals surface area contributed by atoms with Gasteiger partial charge in [-0.2, -0.15) is 4.31 Å². The van der Waals surface area contributed by atoms with Crippen molar-refractivity contribution < 1.29 is 93.5 Å². The number of fused-ring (bicyclic) bond motifs is 3. The molecular weight excluding hydrogens is 1920 g/mol. The summed E-state index contributed by atoms with van der Waals surface area (Å²) in [6.45, 7) is 38.7. The molecule has 9 saturated carbocycles. The Morgan fingerprint density at radius 2 is 0.673 bits per heavy atom. The normalized spacial score (nSPS) is 26.1.